The van der Waals surface area contributed by atoms with Crippen molar-refractivity contribution in [3.8, 4) is 0 Å². The minimum atomic E-state index is -1.13. The van der Waals surface area contributed by atoms with E-state index < -0.39 is 5.97 Å². The number of nitrogens with zero attached hydrogens (tertiary/aromatic N) is 4. The molecule has 0 amide bonds. The van der Waals surface area contributed by atoms with E-state index in [2.05, 4.69) is 38.3 Å². The Morgan fingerprint density at radius 1 is 1.33 bits per heavy atom. The Hall–Kier alpha value is -2.44. The van der Waals surface area contributed by atoms with Crippen LogP contribution in [0.2, 0.25) is 0 Å². The Morgan fingerprint density at radius 3 is 2.70 bits per heavy atom. The third-order valence-electron chi connectivity index (χ3n) is 6.15. The van der Waals surface area contributed by atoms with Gasteiger partial charge >= 0.3 is 5.97 Å². The van der Waals surface area contributed by atoms with Crippen molar-refractivity contribution in [1.29, 1.82) is 0 Å². The van der Waals surface area contributed by atoms with Crippen molar-refractivity contribution < 1.29 is 9.90 Å². The van der Waals surface area contributed by atoms with E-state index in [4.69, 9.17) is 0 Å². The Labute approximate surface area is 158 Å². The first-order valence-electron chi connectivity index (χ1n) is 9.90. The molecule has 2 saturated carbocycles. The summed E-state index contributed by atoms with van der Waals surface area (Å²) in [7, 11) is 0. The van der Waals surface area contributed by atoms with Crippen molar-refractivity contribution in [3.63, 3.8) is 0 Å². The van der Waals surface area contributed by atoms with Crippen LogP contribution in [0.25, 0.3) is 11.2 Å². The van der Waals surface area contributed by atoms with Crippen molar-refractivity contribution in [2.75, 3.05) is 5.32 Å². The van der Waals surface area contributed by atoms with Gasteiger partial charge in [-0.3, -0.25) is 0 Å². The molecule has 0 aliphatic heterocycles. The second kappa shape index (κ2) is 7.29. The lowest BCUT2D eigenvalue weighted by atomic mass is 9.80. The fourth-order valence-corrected chi connectivity index (χ4v) is 4.13. The van der Waals surface area contributed by atoms with Crippen molar-refractivity contribution in [3.05, 3.63) is 24.3 Å². The summed E-state index contributed by atoms with van der Waals surface area (Å²) in [4.78, 5) is 24.3. The number of imidazole rings is 1. The van der Waals surface area contributed by atoms with Crippen LogP contribution in [0.15, 0.2) is 18.5 Å². The highest BCUT2D eigenvalue weighted by molar-refractivity contribution is 5.90. The third kappa shape index (κ3) is 3.68. The molecule has 0 unspecified atom stereocenters. The molecule has 2 aliphatic carbocycles. The number of hydrogen-bond donors (Lipinski definition) is 2. The van der Waals surface area contributed by atoms with E-state index in [1.807, 2.05) is 0 Å². The molecule has 2 aliphatic rings. The molecule has 7 heteroatoms. The average molecular weight is 369 g/mol. The molecule has 27 heavy (non-hydrogen) atoms. The van der Waals surface area contributed by atoms with Crippen molar-refractivity contribution >= 4 is 23.0 Å². The van der Waals surface area contributed by atoms with Gasteiger partial charge in [0.15, 0.2) is 11.5 Å². The zero-order valence-electron chi connectivity index (χ0n) is 15.8. The molecule has 2 N–H and O–H groups in total. The van der Waals surface area contributed by atoms with Gasteiger partial charge in [0, 0.05) is 12.6 Å². The van der Waals surface area contributed by atoms with Gasteiger partial charge in [0.2, 0.25) is 5.82 Å². The van der Waals surface area contributed by atoms with Gasteiger partial charge in [0.05, 0.1) is 6.33 Å². The summed E-state index contributed by atoms with van der Waals surface area (Å²) < 4.78 is 2.09. The summed E-state index contributed by atoms with van der Waals surface area (Å²) in [5.41, 5.74) is 2.61. The standard InChI is InChI=1S/C20H27N5O2/c1-12-6-8-14(9-7-12)10-25-11-21-17-16(25)18(24-19(23-17)20(26)27)22-13(2)15-4-3-5-15/h11,13-15H,1,3-10H2,2H3,(H,26,27)(H,22,23,24)/t13-/m1/s1. The first-order chi connectivity index (χ1) is 13.0. The number of nitrogens with one attached hydrogen (secondary N) is 1. The van der Waals surface area contributed by atoms with E-state index in [0.29, 0.717) is 23.3 Å². The second-order valence-electron chi connectivity index (χ2n) is 8.09. The van der Waals surface area contributed by atoms with Crippen LogP contribution < -0.4 is 5.32 Å². The number of rotatable bonds is 6. The SMILES string of the molecule is C=C1CCC(Cn2cnc3nc(C(=O)O)nc(N[C@H](C)C4CCC4)c32)CC1. The smallest absolute Gasteiger partial charge is 0.374 e. The fourth-order valence-electron chi connectivity index (χ4n) is 4.13. The van der Waals surface area contributed by atoms with Crippen LogP contribution in [-0.4, -0.2) is 36.6 Å². The van der Waals surface area contributed by atoms with Crippen LogP contribution in [0, 0.1) is 11.8 Å². The number of carboxylic acid groups (broad SMARTS) is 1. The fraction of sp³-hybridized carbons (Fsp3) is 0.600. The van der Waals surface area contributed by atoms with Crippen molar-refractivity contribution in [2.24, 2.45) is 11.8 Å². The predicted molar refractivity (Wildman–Crippen MR) is 104 cm³/mol. The van der Waals surface area contributed by atoms with Crippen LogP contribution >= 0.6 is 0 Å². The quantitative estimate of drug-likeness (QED) is 0.751. The first-order valence-corrected chi connectivity index (χ1v) is 9.90. The molecule has 2 aromatic heterocycles. The Morgan fingerprint density at radius 2 is 2.07 bits per heavy atom. The van der Waals surface area contributed by atoms with Crippen LogP contribution in [-0.2, 0) is 6.54 Å². The van der Waals surface area contributed by atoms with E-state index in [1.165, 1.54) is 24.8 Å². The van der Waals surface area contributed by atoms with Gasteiger partial charge in [-0.05, 0) is 57.3 Å². The molecule has 0 bridgehead atoms. The lowest BCUT2D eigenvalue weighted by Crippen LogP contribution is -2.31. The maximum Gasteiger partial charge on any atom is 0.374 e. The Bertz CT molecular complexity index is 861. The van der Waals surface area contributed by atoms with Crippen molar-refractivity contribution in [1.82, 2.24) is 19.5 Å². The normalized spacial score (nSPS) is 19.8. The molecule has 7 nitrogen and oxygen atoms in total. The number of fused-ring (bicyclic) bond motifs is 1. The van der Waals surface area contributed by atoms with Crippen molar-refractivity contribution in [2.45, 2.75) is 64.5 Å². The molecule has 4 rings (SSSR count). The van der Waals surface area contributed by atoms with Crippen LogP contribution in [0.4, 0.5) is 5.82 Å². The van der Waals surface area contributed by atoms with Crippen LogP contribution in [0.5, 0.6) is 0 Å². The highest BCUT2D eigenvalue weighted by Gasteiger charge is 2.26. The van der Waals surface area contributed by atoms with Crippen LogP contribution in [0.3, 0.4) is 0 Å². The van der Waals surface area contributed by atoms with Crippen LogP contribution in [0.1, 0.15) is 62.5 Å². The molecule has 0 saturated heterocycles. The second-order valence-corrected chi connectivity index (χ2v) is 8.09. The first kappa shape index (κ1) is 17.9. The number of carbonyl (C=O) groups is 1. The van der Waals surface area contributed by atoms with Gasteiger partial charge in [-0.25, -0.2) is 19.7 Å². The maximum absolute atomic E-state index is 11.4. The molecular weight excluding hydrogens is 342 g/mol. The maximum atomic E-state index is 11.4. The molecule has 0 radical (unpaired) electrons. The minimum Gasteiger partial charge on any atom is -0.475 e. The van der Waals surface area contributed by atoms with E-state index in [-0.39, 0.29) is 11.9 Å². The van der Waals surface area contributed by atoms with E-state index in [9.17, 15) is 9.90 Å². The van der Waals surface area contributed by atoms with E-state index in [1.54, 1.807) is 6.33 Å². The molecule has 144 valence electrons. The lowest BCUT2D eigenvalue weighted by molar-refractivity contribution is 0.0684. The minimum absolute atomic E-state index is 0.204. The molecule has 2 aromatic rings. The molecule has 0 spiro atoms. The molecule has 2 fully saturated rings. The third-order valence-corrected chi connectivity index (χ3v) is 6.15. The zero-order chi connectivity index (χ0) is 19.0. The summed E-state index contributed by atoms with van der Waals surface area (Å²) in [6.45, 7) is 7.09. The number of aromatic carboxylic acids is 1. The number of hydrogen-bond acceptors (Lipinski definition) is 5. The summed E-state index contributed by atoms with van der Waals surface area (Å²) in [5, 5.41) is 12.8. The summed E-state index contributed by atoms with van der Waals surface area (Å²) in [6.07, 6.45) is 9.89. The van der Waals surface area contributed by atoms with E-state index >= 15 is 0 Å². The summed E-state index contributed by atoms with van der Waals surface area (Å²) >= 11 is 0. The van der Waals surface area contributed by atoms with Gasteiger partial charge in [-0.2, -0.15) is 0 Å². The summed E-state index contributed by atoms with van der Waals surface area (Å²) in [5.74, 6) is 0.448. The van der Waals surface area contributed by atoms with E-state index in [0.717, 1.165) is 37.7 Å². The van der Waals surface area contributed by atoms with Gasteiger partial charge in [0.1, 0.15) is 5.52 Å². The topological polar surface area (TPSA) is 92.9 Å². The molecule has 0 aromatic carbocycles. The molecule has 1 atom stereocenters. The Kier molecular flexibility index (Phi) is 4.85. The summed E-state index contributed by atoms with van der Waals surface area (Å²) in [6, 6.07) is 0.250. The molecule has 2 heterocycles. The largest absolute Gasteiger partial charge is 0.475 e. The lowest BCUT2D eigenvalue weighted by Gasteiger charge is -2.32. The van der Waals surface area contributed by atoms with Gasteiger partial charge in [-0.1, -0.05) is 18.6 Å². The average Bonchev–Trinajstić information content (AvgIpc) is 2.98. The zero-order valence-corrected chi connectivity index (χ0v) is 15.8. The highest BCUT2D eigenvalue weighted by atomic mass is 16.4. The number of allylic oxidation sites excluding steroid dienone is 1. The number of aromatic nitrogens is 4. The van der Waals surface area contributed by atoms with Gasteiger partial charge in [0.25, 0.3) is 0 Å². The number of carboxylic acids is 1. The number of anilines is 1. The molecular formula is C20H27N5O2. The Balaban J connectivity index is 1.65. The van der Waals surface area contributed by atoms with Gasteiger partial charge in [-0.15, -0.1) is 0 Å². The van der Waals surface area contributed by atoms with Gasteiger partial charge < -0.3 is 15.0 Å². The highest BCUT2D eigenvalue weighted by Crippen LogP contribution is 2.33. The monoisotopic (exact) mass is 369 g/mol. The predicted octanol–water partition coefficient (Wildman–Crippen LogP) is 3.87.